The van der Waals surface area contributed by atoms with Crippen molar-refractivity contribution in [2.45, 2.75) is 42.2 Å². The van der Waals surface area contributed by atoms with Crippen molar-refractivity contribution in [3.05, 3.63) is 58.1 Å². The van der Waals surface area contributed by atoms with Crippen LogP contribution in [-0.2, 0) is 19.4 Å². The number of fused-ring (bicyclic) bond motifs is 1. The highest BCUT2D eigenvalue weighted by atomic mass is 35.5. The first kappa shape index (κ1) is 23.5. The molecule has 0 aliphatic carbocycles. The Hall–Kier alpha value is -2.13. The zero-order valence-electron chi connectivity index (χ0n) is 16.6. The summed E-state index contributed by atoms with van der Waals surface area (Å²) >= 11 is 12.1. The van der Waals surface area contributed by atoms with Gasteiger partial charge in [-0.05, 0) is 42.7 Å². The number of carbonyl (C=O) groups is 2. The van der Waals surface area contributed by atoms with Crippen LogP contribution in [0.3, 0.4) is 0 Å². The average molecular weight is 485 g/mol. The van der Waals surface area contributed by atoms with Crippen molar-refractivity contribution in [3.8, 4) is 0 Å². The third kappa shape index (κ3) is 5.20. The van der Waals surface area contributed by atoms with E-state index in [1.54, 1.807) is 29.7 Å². The van der Waals surface area contributed by atoms with Crippen LogP contribution in [0.15, 0.2) is 47.4 Å². The van der Waals surface area contributed by atoms with Gasteiger partial charge < -0.3 is 4.90 Å². The van der Waals surface area contributed by atoms with Crippen LogP contribution in [0.4, 0.5) is 5.69 Å². The minimum Gasteiger partial charge on any atom is -0.311 e. The summed E-state index contributed by atoms with van der Waals surface area (Å²) in [4.78, 5) is 25.8. The quantitative estimate of drug-likeness (QED) is 0.346. The molecule has 1 atom stereocenters. The standard InChI is InChI=1S/C21H22Cl2N2O5S/c22-15-10-9-14(12-16(15)23)19-13-21(27)25(11-5-1-2-8-20(26)24-28)17-6-3-4-7-18(17)31(19,29)30/h3-4,6-7,9-10,12,19,28H,1-2,5,8,11,13H2,(H,24,26). The van der Waals surface area contributed by atoms with E-state index in [4.69, 9.17) is 28.4 Å². The summed E-state index contributed by atoms with van der Waals surface area (Å²) in [5, 5.41) is 8.00. The summed E-state index contributed by atoms with van der Waals surface area (Å²) in [6.07, 6.45) is 1.72. The fourth-order valence-electron chi connectivity index (χ4n) is 3.63. The molecule has 0 spiro atoms. The molecule has 2 N–H and O–H groups in total. The number of amides is 2. The Labute approximate surface area is 190 Å². The van der Waals surface area contributed by atoms with E-state index in [1.807, 2.05) is 0 Å². The van der Waals surface area contributed by atoms with E-state index in [1.165, 1.54) is 23.1 Å². The van der Waals surface area contributed by atoms with Crippen LogP contribution in [0.25, 0.3) is 0 Å². The molecule has 1 unspecified atom stereocenters. The first-order chi connectivity index (χ1) is 14.8. The van der Waals surface area contributed by atoms with Gasteiger partial charge in [0.1, 0.15) is 0 Å². The van der Waals surface area contributed by atoms with Crippen LogP contribution in [0.2, 0.25) is 10.0 Å². The smallest absolute Gasteiger partial charge is 0.243 e. The summed E-state index contributed by atoms with van der Waals surface area (Å²) in [5.74, 6) is -0.774. The second-order valence-corrected chi connectivity index (χ2v) is 10.2. The summed E-state index contributed by atoms with van der Waals surface area (Å²) in [7, 11) is -3.86. The zero-order chi connectivity index (χ0) is 22.6. The lowest BCUT2D eigenvalue weighted by molar-refractivity contribution is -0.129. The Morgan fingerprint density at radius 2 is 1.84 bits per heavy atom. The first-order valence-corrected chi connectivity index (χ1v) is 12.1. The third-order valence-electron chi connectivity index (χ3n) is 5.22. The predicted molar refractivity (Wildman–Crippen MR) is 118 cm³/mol. The molecule has 0 bridgehead atoms. The normalized spacial score (nSPS) is 17.7. The molecule has 7 nitrogen and oxygen atoms in total. The molecule has 0 saturated carbocycles. The van der Waals surface area contributed by atoms with E-state index < -0.39 is 21.0 Å². The Bertz CT molecular complexity index is 1090. The molecule has 0 aromatic heterocycles. The van der Waals surface area contributed by atoms with E-state index in [2.05, 4.69) is 0 Å². The van der Waals surface area contributed by atoms with E-state index in [9.17, 15) is 18.0 Å². The van der Waals surface area contributed by atoms with Crippen LogP contribution in [0.5, 0.6) is 0 Å². The molecule has 1 aliphatic rings. The number of hydrogen-bond acceptors (Lipinski definition) is 5. The van der Waals surface area contributed by atoms with Crippen LogP contribution in [-0.4, -0.2) is 32.0 Å². The minimum absolute atomic E-state index is 0.0941. The Kier molecular flexibility index (Phi) is 7.59. The van der Waals surface area contributed by atoms with E-state index in [0.29, 0.717) is 42.1 Å². The van der Waals surface area contributed by atoms with Crippen LogP contribution in [0, 0.1) is 0 Å². The highest BCUT2D eigenvalue weighted by Gasteiger charge is 2.39. The first-order valence-electron chi connectivity index (χ1n) is 9.77. The topological polar surface area (TPSA) is 104 Å². The molecule has 166 valence electrons. The number of anilines is 1. The third-order valence-corrected chi connectivity index (χ3v) is 8.11. The maximum atomic E-state index is 13.5. The number of hydrogen-bond donors (Lipinski definition) is 2. The molecule has 0 saturated heterocycles. The van der Waals surface area contributed by atoms with Crippen LogP contribution in [0.1, 0.15) is 42.9 Å². The van der Waals surface area contributed by atoms with Crippen molar-refractivity contribution >= 4 is 50.5 Å². The van der Waals surface area contributed by atoms with Crippen molar-refractivity contribution in [1.82, 2.24) is 5.48 Å². The molecule has 2 amide bonds. The number of rotatable bonds is 7. The Morgan fingerprint density at radius 3 is 2.55 bits per heavy atom. The lowest BCUT2D eigenvalue weighted by atomic mass is 10.1. The van der Waals surface area contributed by atoms with Crippen molar-refractivity contribution in [1.29, 1.82) is 0 Å². The second-order valence-electron chi connectivity index (χ2n) is 7.27. The minimum atomic E-state index is -3.86. The number of unbranched alkanes of at least 4 members (excludes halogenated alkanes) is 2. The van der Waals surface area contributed by atoms with Gasteiger partial charge in [-0.25, -0.2) is 13.9 Å². The molecule has 0 fully saturated rings. The summed E-state index contributed by atoms with van der Waals surface area (Å²) in [6, 6.07) is 11.0. The molecular formula is C21H22Cl2N2O5S. The predicted octanol–water partition coefficient (Wildman–Crippen LogP) is 4.31. The molecule has 1 aliphatic heterocycles. The van der Waals surface area contributed by atoms with Crippen molar-refractivity contribution in [3.63, 3.8) is 0 Å². The molecule has 31 heavy (non-hydrogen) atoms. The molecule has 1 heterocycles. The number of benzene rings is 2. The van der Waals surface area contributed by atoms with Gasteiger partial charge >= 0.3 is 0 Å². The molecule has 10 heteroatoms. The summed E-state index contributed by atoms with van der Waals surface area (Å²) in [5.41, 5.74) is 2.34. The number of halogens is 2. The fourth-order valence-corrected chi connectivity index (χ4v) is 5.85. The van der Waals surface area contributed by atoms with Crippen LogP contribution < -0.4 is 10.4 Å². The van der Waals surface area contributed by atoms with Gasteiger partial charge in [0.25, 0.3) is 0 Å². The SMILES string of the molecule is O=C(CCCCCN1C(=O)CC(c2ccc(Cl)c(Cl)c2)S(=O)(=O)c2ccccc21)NO. The largest absolute Gasteiger partial charge is 0.311 e. The monoisotopic (exact) mass is 484 g/mol. The van der Waals surface area contributed by atoms with Gasteiger partial charge in [0.05, 0.1) is 25.9 Å². The molecule has 0 radical (unpaired) electrons. The van der Waals surface area contributed by atoms with Gasteiger partial charge in [-0.2, -0.15) is 0 Å². The molecule has 2 aromatic carbocycles. The molecule has 3 rings (SSSR count). The number of sulfone groups is 1. The maximum Gasteiger partial charge on any atom is 0.243 e. The Morgan fingerprint density at radius 1 is 1.10 bits per heavy atom. The average Bonchev–Trinajstić information content (AvgIpc) is 2.83. The van der Waals surface area contributed by atoms with Gasteiger partial charge in [0.2, 0.25) is 11.8 Å². The second kappa shape index (κ2) is 9.99. The summed E-state index contributed by atoms with van der Waals surface area (Å²) in [6.45, 7) is 0.320. The van der Waals surface area contributed by atoms with Gasteiger partial charge in [-0.3, -0.25) is 14.8 Å². The fraction of sp³-hybridized carbons (Fsp3) is 0.333. The number of hydroxylamine groups is 1. The van der Waals surface area contributed by atoms with Crippen molar-refractivity contribution in [2.75, 3.05) is 11.4 Å². The number of para-hydroxylation sites is 1. The number of nitrogens with zero attached hydrogens (tertiary/aromatic N) is 1. The van der Waals surface area contributed by atoms with Gasteiger partial charge in [0.15, 0.2) is 9.84 Å². The number of carbonyl (C=O) groups excluding carboxylic acids is 2. The van der Waals surface area contributed by atoms with Crippen LogP contribution >= 0.6 is 23.2 Å². The van der Waals surface area contributed by atoms with E-state index in [0.717, 1.165) is 0 Å². The molecule has 2 aromatic rings. The van der Waals surface area contributed by atoms with E-state index in [-0.39, 0.29) is 28.7 Å². The molecular weight excluding hydrogens is 463 g/mol. The highest BCUT2D eigenvalue weighted by molar-refractivity contribution is 7.92. The van der Waals surface area contributed by atoms with E-state index >= 15 is 0 Å². The maximum absolute atomic E-state index is 13.5. The van der Waals surface area contributed by atoms with Crippen molar-refractivity contribution < 1.29 is 23.2 Å². The number of nitrogens with one attached hydrogen (secondary N) is 1. The van der Waals surface area contributed by atoms with Gasteiger partial charge in [-0.1, -0.05) is 47.8 Å². The van der Waals surface area contributed by atoms with Gasteiger partial charge in [0, 0.05) is 19.4 Å². The lowest BCUT2D eigenvalue weighted by Gasteiger charge is -2.22. The highest BCUT2D eigenvalue weighted by Crippen LogP contribution is 2.41. The summed E-state index contributed by atoms with van der Waals surface area (Å²) < 4.78 is 26.9. The van der Waals surface area contributed by atoms with Gasteiger partial charge in [-0.15, -0.1) is 0 Å². The zero-order valence-corrected chi connectivity index (χ0v) is 18.9. The Balaban J connectivity index is 1.89. The lowest BCUT2D eigenvalue weighted by Crippen LogP contribution is -2.31. The van der Waals surface area contributed by atoms with Crippen molar-refractivity contribution in [2.24, 2.45) is 0 Å².